The standard InChI is InChI=1S/C22H27Cl2N5O/c1-2-28-9-11-29(12-10-28)20-8-3-15(13-25-20)14-26-22(30)27-19-7-5-17-16(19)4-6-18(23)21(17)24/h3-4,6,8,13,19H,2,5,7,9-12,14H2,1H3,(H2,26,27,30). The predicted molar refractivity (Wildman–Crippen MR) is 121 cm³/mol. The quantitative estimate of drug-likeness (QED) is 0.726. The average molecular weight is 448 g/mol. The molecule has 1 aliphatic carbocycles. The van der Waals surface area contributed by atoms with Crippen LogP contribution in [0.3, 0.4) is 0 Å². The number of pyridine rings is 1. The van der Waals surface area contributed by atoms with Gasteiger partial charge in [0.25, 0.3) is 0 Å². The second-order valence-corrected chi connectivity index (χ2v) is 8.58. The SMILES string of the molecule is CCN1CCN(c2ccc(CNC(=O)NC3CCc4c3ccc(Cl)c4Cl)cn2)CC1. The summed E-state index contributed by atoms with van der Waals surface area (Å²) in [5.41, 5.74) is 3.06. The zero-order chi connectivity index (χ0) is 21.1. The molecule has 160 valence electrons. The van der Waals surface area contributed by atoms with Crippen LogP contribution in [0.15, 0.2) is 30.5 Å². The average Bonchev–Trinajstić information content (AvgIpc) is 3.18. The summed E-state index contributed by atoms with van der Waals surface area (Å²) in [6.07, 6.45) is 3.48. The first-order valence-electron chi connectivity index (χ1n) is 10.5. The van der Waals surface area contributed by atoms with Crippen molar-refractivity contribution in [3.63, 3.8) is 0 Å². The predicted octanol–water partition coefficient (Wildman–Crippen LogP) is 4.02. The number of carbonyl (C=O) groups excluding carboxylic acids is 1. The minimum absolute atomic E-state index is 0.0444. The Kier molecular flexibility index (Phi) is 6.66. The highest BCUT2D eigenvalue weighted by Crippen LogP contribution is 2.38. The van der Waals surface area contributed by atoms with Crippen molar-refractivity contribution in [2.75, 3.05) is 37.6 Å². The van der Waals surface area contributed by atoms with Gasteiger partial charge in [-0.25, -0.2) is 9.78 Å². The van der Waals surface area contributed by atoms with Crippen molar-refractivity contribution in [3.8, 4) is 0 Å². The minimum atomic E-state index is -0.196. The molecule has 1 fully saturated rings. The number of amides is 2. The molecule has 4 rings (SSSR count). The molecule has 1 unspecified atom stereocenters. The molecule has 0 bridgehead atoms. The van der Waals surface area contributed by atoms with Gasteiger partial charge in [0.05, 0.1) is 16.1 Å². The Bertz CT molecular complexity index is 897. The van der Waals surface area contributed by atoms with Gasteiger partial charge < -0.3 is 20.4 Å². The lowest BCUT2D eigenvalue weighted by Gasteiger charge is -2.34. The normalized spacial score (nSPS) is 18.9. The lowest BCUT2D eigenvalue weighted by molar-refractivity contribution is 0.236. The molecule has 1 saturated heterocycles. The molecule has 2 aromatic rings. The number of carbonyl (C=O) groups is 1. The maximum atomic E-state index is 12.4. The minimum Gasteiger partial charge on any atom is -0.354 e. The summed E-state index contributed by atoms with van der Waals surface area (Å²) in [4.78, 5) is 21.7. The Balaban J connectivity index is 1.28. The Morgan fingerprint density at radius 1 is 1.17 bits per heavy atom. The van der Waals surface area contributed by atoms with Crippen molar-refractivity contribution < 1.29 is 4.79 Å². The number of anilines is 1. The number of piperazine rings is 1. The molecule has 1 aromatic heterocycles. The van der Waals surface area contributed by atoms with Crippen molar-refractivity contribution in [2.24, 2.45) is 0 Å². The maximum absolute atomic E-state index is 12.4. The second kappa shape index (κ2) is 9.41. The van der Waals surface area contributed by atoms with E-state index in [1.165, 1.54) is 0 Å². The first kappa shape index (κ1) is 21.2. The molecule has 1 atom stereocenters. The summed E-state index contributed by atoms with van der Waals surface area (Å²) in [6, 6.07) is 7.56. The molecular weight excluding hydrogens is 421 g/mol. The van der Waals surface area contributed by atoms with Gasteiger partial charge in [0.2, 0.25) is 0 Å². The number of urea groups is 1. The van der Waals surface area contributed by atoms with Crippen LogP contribution >= 0.6 is 23.2 Å². The van der Waals surface area contributed by atoms with Gasteiger partial charge in [0.15, 0.2) is 0 Å². The van der Waals surface area contributed by atoms with Crippen LogP contribution in [0, 0.1) is 0 Å². The third kappa shape index (κ3) is 4.66. The van der Waals surface area contributed by atoms with Gasteiger partial charge in [0, 0.05) is 38.9 Å². The van der Waals surface area contributed by atoms with Crippen LogP contribution in [0.4, 0.5) is 10.6 Å². The smallest absolute Gasteiger partial charge is 0.315 e. The van der Waals surface area contributed by atoms with Crippen LogP contribution in [0.5, 0.6) is 0 Å². The highest BCUT2D eigenvalue weighted by molar-refractivity contribution is 6.42. The van der Waals surface area contributed by atoms with Gasteiger partial charge in [-0.2, -0.15) is 0 Å². The van der Waals surface area contributed by atoms with Crippen molar-refractivity contribution in [1.29, 1.82) is 0 Å². The third-order valence-electron chi connectivity index (χ3n) is 6.00. The fourth-order valence-corrected chi connectivity index (χ4v) is 4.62. The number of benzene rings is 1. The van der Waals surface area contributed by atoms with Gasteiger partial charge in [-0.3, -0.25) is 0 Å². The largest absolute Gasteiger partial charge is 0.354 e. The van der Waals surface area contributed by atoms with Crippen LogP contribution in [-0.4, -0.2) is 48.6 Å². The van der Waals surface area contributed by atoms with E-state index in [0.29, 0.717) is 16.6 Å². The van der Waals surface area contributed by atoms with E-state index in [0.717, 1.165) is 68.1 Å². The molecule has 6 nitrogen and oxygen atoms in total. The van der Waals surface area contributed by atoms with Crippen LogP contribution in [0.1, 0.15) is 36.1 Å². The summed E-state index contributed by atoms with van der Waals surface area (Å²) in [6.45, 7) is 7.87. The van der Waals surface area contributed by atoms with Crippen LogP contribution in [-0.2, 0) is 13.0 Å². The molecule has 2 amide bonds. The van der Waals surface area contributed by atoms with E-state index >= 15 is 0 Å². The molecule has 1 aromatic carbocycles. The first-order valence-corrected chi connectivity index (χ1v) is 11.2. The molecule has 0 radical (unpaired) electrons. The van der Waals surface area contributed by atoms with E-state index in [2.05, 4.69) is 32.3 Å². The third-order valence-corrected chi connectivity index (χ3v) is 6.85. The number of likely N-dealkylation sites (N-methyl/N-ethyl adjacent to an activating group) is 1. The Morgan fingerprint density at radius 3 is 2.67 bits per heavy atom. The summed E-state index contributed by atoms with van der Waals surface area (Å²) in [7, 11) is 0. The summed E-state index contributed by atoms with van der Waals surface area (Å²) < 4.78 is 0. The lowest BCUT2D eigenvalue weighted by Crippen LogP contribution is -2.46. The van der Waals surface area contributed by atoms with Gasteiger partial charge in [0.1, 0.15) is 5.82 Å². The van der Waals surface area contributed by atoms with Crippen LogP contribution in [0.2, 0.25) is 10.0 Å². The molecule has 0 saturated carbocycles. The van der Waals surface area contributed by atoms with E-state index < -0.39 is 0 Å². The number of nitrogens with zero attached hydrogens (tertiary/aromatic N) is 3. The number of nitrogens with one attached hydrogen (secondary N) is 2. The monoisotopic (exact) mass is 447 g/mol. The zero-order valence-electron chi connectivity index (χ0n) is 17.1. The number of fused-ring (bicyclic) bond motifs is 1. The van der Waals surface area contributed by atoms with E-state index in [4.69, 9.17) is 23.2 Å². The fourth-order valence-electron chi connectivity index (χ4n) is 4.18. The number of hydrogen-bond acceptors (Lipinski definition) is 4. The summed E-state index contributed by atoms with van der Waals surface area (Å²) in [5, 5.41) is 7.12. The van der Waals surface area contributed by atoms with Crippen LogP contribution < -0.4 is 15.5 Å². The van der Waals surface area contributed by atoms with Gasteiger partial charge in [-0.05, 0) is 48.2 Å². The van der Waals surface area contributed by atoms with Gasteiger partial charge >= 0.3 is 6.03 Å². The molecule has 30 heavy (non-hydrogen) atoms. The van der Waals surface area contributed by atoms with E-state index in [-0.39, 0.29) is 12.1 Å². The molecular formula is C22H27Cl2N5O. The molecule has 2 N–H and O–H groups in total. The Morgan fingerprint density at radius 2 is 1.97 bits per heavy atom. The molecule has 0 spiro atoms. The van der Waals surface area contributed by atoms with E-state index in [1.807, 2.05) is 24.4 Å². The van der Waals surface area contributed by atoms with Crippen molar-refractivity contribution in [1.82, 2.24) is 20.5 Å². The van der Waals surface area contributed by atoms with Crippen molar-refractivity contribution in [3.05, 3.63) is 57.2 Å². The Hall–Kier alpha value is -2.02. The molecule has 1 aliphatic heterocycles. The van der Waals surface area contributed by atoms with Crippen LogP contribution in [0.25, 0.3) is 0 Å². The highest BCUT2D eigenvalue weighted by atomic mass is 35.5. The second-order valence-electron chi connectivity index (χ2n) is 7.79. The number of hydrogen-bond donors (Lipinski definition) is 2. The number of aromatic nitrogens is 1. The fraction of sp³-hybridized carbons (Fsp3) is 0.455. The lowest BCUT2D eigenvalue weighted by atomic mass is 10.1. The zero-order valence-corrected chi connectivity index (χ0v) is 18.6. The highest BCUT2D eigenvalue weighted by Gasteiger charge is 2.26. The van der Waals surface area contributed by atoms with E-state index in [9.17, 15) is 4.79 Å². The van der Waals surface area contributed by atoms with Gasteiger partial charge in [-0.1, -0.05) is 42.3 Å². The number of halogens is 2. The number of rotatable bonds is 5. The summed E-state index contributed by atoms with van der Waals surface area (Å²) >= 11 is 12.4. The van der Waals surface area contributed by atoms with Crippen molar-refractivity contribution in [2.45, 2.75) is 32.4 Å². The topological polar surface area (TPSA) is 60.5 Å². The first-order chi connectivity index (χ1) is 14.5. The Labute approximate surface area is 187 Å². The van der Waals surface area contributed by atoms with Gasteiger partial charge in [-0.15, -0.1) is 0 Å². The molecule has 2 heterocycles. The maximum Gasteiger partial charge on any atom is 0.315 e. The molecule has 8 heteroatoms. The van der Waals surface area contributed by atoms with E-state index in [1.54, 1.807) is 6.07 Å². The van der Waals surface area contributed by atoms with Crippen molar-refractivity contribution >= 4 is 35.1 Å². The molecule has 2 aliphatic rings. The summed E-state index contributed by atoms with van der Waals surface area (Å²) in [5.74, 6) is 0.997.